The summed E-state index contributed by atoms with van der Waals surface area (Å²) in [7, 11) is 2.95. The maximum atomic E-state index is 15.0. The lowest BCUT2D eigenvalue weighted by atomic mass is 9.92. The van der Waals surface area contributed by atoms with E-state index in [0.29, 0.717) is 50.0 Å². The quantitative estimate of drug-likeness (QED) is 0.195. The molecule has 4 fully saturated rings. The van der Waals surface area contributed by atoms with Crippen LogP contribution in [0.1, 0.15) is 140 Å². The first kappa shape index (κ1) is 61.1. The van der Waals surface area contributed by atoms with E-state index in [2.05, 4.69) is 16.0 Å². The Balaban J connectivity index is 1.61. The number of carbonyl (C=O) groups is 9. The molecule has 0 aliphatic carbocycles. The maximum absolute atomic E-state index is 15.0. The number of carbonyl (C=O) groups excluding carboxylic acids is 9. The Morgan fingerprint density at radius 2 is 1.53 bits per heavy atom. The third kappa shape index (κ3) is 14.2. The summed E-state index contributed by atoms with van der Waals surface area (Å²) in [6.07, 6.45) is -2.34. The summed E-state index contributed by atoms with van der Waals surface area (Å²) in [6, 6.07) is -0.584. The van der Waals surface area contributed by atoms with Gasteiger partial charge in [-0.25, -0.2) is 4.79 Å². The Hall–Kier alpha value is -5.79. The molecule has 11 atom stereocenters. The van der Waals surface area contributed by atoms with E-state index in [4.69, 9.17) is 14.2 Å². The number of rotatable bonds is 14. The lowest BCUT2D eigenvalue weighted by Gasteiger charge is -2.37. The number of nitrogens with zero attached hydrogens (tertiary/aromatic N) is 4. The molecule has 4 aliphatic rings. The minimum atomic E-state index is -1.68. The molecule has 0 bridgehead atoms. The number of likely N-dealkylation sites (N-methyl/N-ethyl adjacent to an activating group) is 1. The fraction of sp³-hybridized carbons (Fsp3) is 0.732. The van der Waals surface area contributed by atoms with Crippen molar-refractivity contribution in [3.8, 4) is 5.75 Å². The molecule has 0 aromatic heterocycles. The molecular weight excluding hydrogens is 979 g/mol. The van der Waals surface area contributed by atoms with E-state index < -0.39 is 120 Å². The zero-order valence-electron chi connectivity index (χ0n) is 47.2. The van der Waals surface area contributed by atoms with Crippen molar-refractivity contribution in [1.29, 1.82) is 0 Å². The first-order valence-corrected chi connectivity index (χ1v) is 27.6. The molecule has 5 rings (SSSR count). The van der Waals surface area contributed by atoms with Crippen LogP contribution < -0.4 is 20.7 Å². The lowest BCUT2D eigenvalue weighted by Crippen LogP contribution is -2.62. The van der Waals surface area contributed by atoms with Crippen molar-refractivity contribution in [3.63, 3.8) is 0 Å². The topological polar surface area (TPSA) is 251 Å². The molecule has 76 heavy (non-hydrogen) atoms. The van der Waals surface area contributed by atoms with Gasteiger partial charge in [0.25, 0.3) is 5.91 Å². The number of hydrogen-bond donors (Lipinski definition) is 4. The first-order chi connectivity index (χ1) is 35.8. The number of amides is 7. The van der Waals surface area contributed by atoms with Gasteiger partial charge in [-0.1, -0.05) is 87.8 Å². The van der Waals surface area contributed by atoms with Crippen LogP contribution in [0.3, 0.4) is 0 Å². The zero-order chi connectivity index (χ0) is 56.5. The molecule has 4 N–H and O–H groups in total. The number of nitrogens with one attached hydrogen (secondary N) is 3. The second kappa shape index (κ2) is 26.5. The van der Waals surface area contributed by atoms with Crippen LogP contribution in [0, 0.1) is 29.6 Å². The van der Waals surface area contributed by atoms with E-state index >= 15 is 9.59 Å². The van der Waals surface area contributed by atoms with Crippen LogP contribution in [0.2, 0.25) is 0 Å². The van der Waals surface area contributed by atoms with Crippen LogP contribution in [0.4, 0.5) is 0 Å². The van der Waals surface area contributed by atoms with Gasteiger partial charge >= 0.3 is 11.9 Å². The van der Waals surface area contributed by atoms with Crippen molar-refractivity contribution in [3.05, 3.63) is 29.8 Å². The number of aliphatic hydroxyl groups is 1. The van der Waals surface area contributed by atoms with Crippen LogP contribution in [-0.4, -0.2) is 172 Å². The van der Waals surface area contributed by atoms with Crippen LogP contribution >= 0.6 is 0 Å². The largest absolute Gasteiger partial charge is 0.497 e. The summed E-state index contributed by atoms with van der Waals surface area (Å²) in [4.78, 5) is 136. The van der Waals surface area contributed by atoms with E-state index in [1.54, 1.807) is 63.8 Å². The lowest BCUT2D eigenvalue weighted by molar-refractivity contribution is -0.162. The molecule has 4 heterocycles. The normalized spacial score (nSPS) is 28.6. The van der Waals surface area contributed by atoms with Gasteiger partial charge in [-0.2, -0.15) is 0 Å². The Kier molecular flexibility index (Phi) is 21.3. The van der Waals surface area contributed by atoms with E-state index in [1.807, 2.05) is 34.6 Å². The van der Waals surface area contributed by atoms with Gasteiger partial charge in [-0.3, -0.25) is 38.4 Å². The molecule has 0 saturated carbocycles. The number of aliphatic hydroxyl groups excluding tert-OH is 1. The molecule has 1 spiro atoms. The van der Waals surface area contributed by atoms with Crippen molar-refractivity contribution in [2.24, 2.45) is 29.6 Å². The first-order valence-electron chi connectivity index (χ1n) is 27.6. The number of benzene rings is 1. The highest BCUT2D eigenvalue weighted by Gasteiger charge is 2.57. The molecule has 0 unspecified atom stereocenters. The van der Waals surface area contributed by atoms with Crippen molar-refractivity contribution < 1.29 is 62.5 Å². The molecule has 4 aliphatic heterocycles. The van der Waals surface area contributed by atoms with E-state index in [-0.39, 0.29) is 68.3 Å². The third-order valence-corrected chi connectivity index (χ3v) is 15.7. The molecule has 20 nitrogen and oxygen atoms in total. The highest BCUT2D eigenvalue weighted by atomic mass is 16.6. The molecule has 7 amide bonds. The van der Waals surface area contributed by atoms with Crippen molar-refractivity contribution in [2.75, 3.05) is 33.8 Å². The molecule has 424 valence electrons. The second-order valence-corrected chi connectivity index (χ2v) is 23.0. The summed E-state index contributed by atoms with van der Waals surface area (Å²) in [5.41, 5.74) is -0.501. The van der Waals surface area contributed by atoms with Gasteiger partial charge in [0.1, 0.15) is 47.6 Å². The van der Waals surface area contributed by atoms with Gasteiger partial charge in [0.2, 0.25) is 35.4 Å². The third-order valence-electron chi connectivity index (χ3n) is 15.7. The van der Waals surface area contributed by atoms with Crippen LogP contribution in [0.25, 0.3) is 0 Å². The Bertz CT molecular complexity index is 2260. The number of hydrogen-bond acceptors (Lipinski definition) is 13. The maximum Gasteiger partial charge on any atom is 0.329 e. The average Bonchev–Trinajstić information content (AvgIpc) is 4.12. The molecule has 1 aromatic rings. The number of methoxy groups -OCH3 is 1. The van der Waals surface area contributed by atoms with Gasteiger partial charge in [0.05, 0.1) is 25.7 Å². The van der Waals surface area contributed by atoms with E-state index in [1.165, 1.54) is 35.8 Å². The monoisotopic (exact) mass is 1070 g/mol. The van der Waals surface area contributed by atoms with Crippen molar-refractivity contribution >= 4 is 53.3 Å². The average molecular weight is 1070 g/mol. The van der Waals surface area contributed by atoms with Gasteiger partial charge < -0.3 is 54.9 Å². The number of ether oxygens (including phenoxy) is 3. The van der Waals surface area contributed by atoms with Gasteiger partial charge in [0.15, 0.2) is 6.10 Å². The Morgan fingerprint density at radius 3 is 2.12 bits per heavy atom. The number of cyclic esters (lactones) is 2. The highest BCUT2D eigenvalue weighted by Crippen LogP contribution is 2.41. The summed E-state index contributed by atoms with van der Waals surface area (Å²) >= 11 is 0. The molecular formula is C56H87N7O13. The standard InChI is InChI=1S/C56H87N7O13/c1-14-35(10)45-43(64)30-44(65)76-47(33(6)7)50(68)57-39(27-31(2)3)52(70)61-24-15-17-40(61)53(71)60(12)42(29-37-18-20-38(74-13)21-19-37)54(72)75-36(11)46(49(67)58-45)59-48(66)41(28-32(4)5)62-26-23-56(55(62)73)22-16-25-63(56)51(69)34(8)9/h18-21,31-36,39-43,45-47,64H,14-17,22-30H2,1-13H3,(H,57,68)(H,58,67)(H,59,66)/t35-,36+,39-,40-,41+,42-,43-,45+,46-,47-,56+/m0/s1. The predicted octanol–water partition coefficient (Wildman–Crippen LogP) is 3.53. The van der Waals surface area contributed by atoms with Gasteiger partial charge in [-0.15, -0.1) is 0 Å². The molecule has 0 radical (unpaired) electrons. The number of likely N-dealkylation sites (tertiary alicyclic amines) is 2. The fourth-order valence-corrected chi connectivity index (χ4v) is 11.2. The van der Waals surface area contributed by atoms with Crippen LogP contribution in [-0.2, 0) is 59.0 Å². The number of esters is 2. The van der Waals surface area contributed by atoms with Gasteiger partial charge in [-0.05, 0) is 93.2 Å². The highest BCUT2D eigenvalue weighted by molar-refractivity contribution is 5.99. The minimum absolute atomic E-state index is 0.0772. The van der Waals surface area contributed by atoms with E-state index in [9.17, 15) is 38.7 Å². The minimum Gasteiger partial charge on any atom is -0.497 e. The van der Waals surface area contributed by atoms with Gasteiger partial charge in [0, 0.05) is 39.0 Å². The number of fused-ring (bicyclic) bond motifs is 1. The summed E-state index contributed by atoms with van der Waals surface area (Å²) in [5, 5.41) is 20.3. The SMILES string of the molecule is CC[C@H](C)[C@H]1NC(=O)[C@@H](NC(=O)[C@@H](CC(C)C)N2CC[C@]3(CCCN3C(=O)C(C)C)C2=O)[C@@H](C)OC(=O)[C@H](Cc2ccc(OC)cc2)N(C)C(=O)[C@@H]2CCCN2C(=O)[C@H](CC(C)C)NC(=O)[C@H](C(C)C)OC(=O)C[C@@H]1O. The Morgan fingerprint density at radius 1 is 0.855 bits per heavy atom. The summed E-state index contributed by atoms with van der Waals surface area (Å²) < 4.78 is 17.3. The summed E-state index contributed by atoms with van der Waals surface area (Å²) in [6.45, 7) is 20.2. The summed E-state index contributed by atoms with van der Waals surface area (Å²) in [5.74, 6) is -6.95. The molecule has 1 aromatic carbocycles. The Labute approximate surface area is 449 Å². The van der Waals surface area contributed by atoms with Crippen LogP contribution in [0.15, 0.2) is 24.3 Å². The molecule has 4 saturated heterocycles. The van der Waals surface area contributed by atoms with Crippen molar-refractivity contribution in [2.45, 2.75) is 200 Å². The molecule has 20 heteroatoms. The van der Waals surface area contributed by atoms with Crippen LogP contribution in [0.5, 0.6) is 5.75 Å². The zero-order valence-corrected chi connectivity index (χ0v) is 47.2. The fourth-order valence-electron chi connectivity index (χ4n) is 11.2. The van der Waals surface area contributed by atoms with Crippen molar-refractivity contribution in [1.82, 2.24) is 35.6 Å². The predicted molar refractivity (Wildman–Crippen MR) is 282 cm³/mol. The van der Waals surface area contributed by atoms with E-state index in [0.717, 1.165) is 0 Å². The second-order valence-electron chi connectivity index (χ2n) is 23.0. The smallest absolute Gasteiger partial charge is 0.329 e.